The summed E-state index contributed by atoms with van der Waals surface area (Å²) in [6.07, 6.45) is 0.293. The summed E-state index contributed by atoms with van der Waals surface area (Å²) in [7, 11) is 0. The predicted molar refractivity (Wildman–Crippen MR) is 115 cm³/mol. The van der Waals surface area contributed by atoms with Crippen molar-refractivity contribution < 1.29 is 28.0 Å². The zero-order valence-corrected chi connectivity index (χ0v) is 17.1. The lowest BCUT2D eigenvalue weighted by atomic mass is 9.92. The van der Waals surface area contributed by atoms with Crippen molar-refractivity contribution in [3.63, 3.8) is 0 Å². The minimum atomic E-state index is -5.08. The second-order valence-electron chi connectivity index (χ2n) is 7.02. The molecule has 4 rings (SSSR count). The number of pyridine rings is 1. The van der Waals surface area contributed by atoms with Gasteiger partial charge in [0.05, 0.1) is 16.2 Å². The van der Waals surface area contributed by atoms with E-state index in [2.05, 4.69) is 23.2 Å². The molecule has 1 aliphatic heterocycles. The van der Waals surface area contributed by atoms with Gasteiger partial charge in [0, 0.05) is 30.6 Å². The Balaban J connectivity index is 0.000000383. The Morgan fingerprint density at radius 1 is 1.00 bits per heavy atom. The maximum atomic E-state index is 11.5. The lowest BCUT2D eigenvalue weighted by molar-refractivity contribution is -0.385. The van der Waals surface area contributed by atoms with Crippen LogP contribution in [0, 0.1) is 10.1 Å². The summed E-state index contributed by atoms with van der Waals surface area (Å²) in [5, 5.41) is 18.6. The van der Waals surface area contributed by atoms with Crippen LogP contribution in [0.25, 0.3) is 11.1 Å². The Kier molecular flexibility index (Phi) is 7.17. The molecule has 0 unspecified atom stereocenters. The number of aryl methyl sites for hydroxylation is 1. The quantitative estimate of drug-likeness (QED) is 0.436. The smallest absolute Gasteiger partial charge is 0.475 e. The number of rotatable bonds is 3. The van der Waals surface area contributed by atoms with E-state index in [4.69, 9.17) is 14.9 Å². The van der Waals surface area contributed by atoms with Crippen molar-refractivity contribution in [2.75, 3.05) is 6.54 Å². The van der Waals surface area contributed by atoms with Crippen LogP contribution in [-0.2, 0) is 11.2 Å². The zero-order valence-electron chi connectivity index (χ0n) is 17.1. The number of aliphatic imine (C=N–C) groups is 1. The molecular weight excluding hydrogens is 439 g/mol. The van der Waals surface area contributed by atoms with Crippen LogP contribution in [0.15, 0.2) is 72.0 Å². The number of carboxylic acids is 1. The monoisotopic (exact) mass is 457 g/mol. The van der Waals surface area contributed by atoms with E-state index in [-0.39, 0.29) is 10.6 Å². The molecule has 1 aliphatic rings. The van der Waals surface area contributed by atoms with Gasteiger partial charge in [-0.3, -0.25) is 20.1 Å². The number of hydrogen-bond acceptors (Lipinski definition) is 5. The first kappa shape index (κ1) is 23.6. The van der Waals surface area contributed by atoms with Gasteiger partial charge in [-0.15, -0.1) is 0 Å². The second-order valence-corrected chi connectivity index (χ2v) is 7.02. The average Bonchev–Trinajstić information content (AvgIpc) is 3.01. The summed E-state index contributed by atoms with van der Waals surface area (Å²) >= 11 is 0. The third-order valence-corrected chi connectivity index (χ3v) is 4.85. The van der Waals surface area contributed by atoms with Gasteiger partial charge in [0.1, 0.15) is 0 Å². The normalized spacial score (nSPS) is 13.0. The number of hydrogen-bond donors (Lipinski definition) is 1. The summed E-state index contributed by atoms with van der Waals surface area (Å²) in [4.78, 5) is 28.8. The Hall–Kier alpha value is -4.08. The van der Waals surface area contributed by atoms with E-state index < -0.39 is 12.1 Å². The average molecular weight is 457 g/mol. The summed E-state index contributed by atoms with van der Waals surface area (Å²) in [5.74, 6) is -2.76. The standard InChI is InChI=1S/C21H17N3O2.C2HF3O2/c25-24(26)20-6-2-1-5-18(20)21-19-14-17(15-9-12-22-13-10-15)8-7-16(19)4-3-11-23-21;3-2(4,5)1(6)7/h1-2,5-10,12-14H,3-4,11H2;(H,6,7). The van der Waals surface area contributed by atoms with Crippen LogP contribution in [0.5, 0.6) is 0 Å². The molecule has 0 spiro atoms. The minimum absolute atomic E-state index is 0.0911. The number of nitrogens with zero attached hydrogens (tertiary/aromatic N) is 3. The molecule has 0 amide bonds. The molecular formula is C23H18F3N3O4. The molecule has 0 bridgehead atoms. The number of para-hydroxylation sites is 1. The Morgan fingerprint density at radius 2 is 1.67 bits per heavy atom. The molecule has 33 heavy (non-hydrogen) atoms. The van der Waals surface area contributed by atoms with E-state index in [1.54, 1.807) is 24.5 Å². The van der Waals surface area contributed by atoms with Crippen LogP contribution < -0.4 is 0 Å². The summed E-state index contributed by atoms with van der Waals surface area (Å²) < 4.78 is 31.7. The molecule has 0 radical (unpaired) electrons. The molecule has 1 aromatic heterocycles. The fourth-order valence-electron chi connectivity index (χ4n) is 3.35. The van der Waals surface area contributed by atoms with Crippen LogP contribution in [0.2, 0.25) is 0 Å². The zero-order chi connectivity index (χ0) is 24.0. The number of benzene rings is 2. The number of aliphatic carboxylic acids is 1. The molecule has 1 N–H and O–H groups in total. The van der Waals surface area contributed by atoms with E-state index in [0.29, 0.717) is 17.8 Å². The van der Waals surface area contributed by atoms with Gasteiger partial charge in [-0.1, -0.05) is 24.3 Å². The molecule has 0 saturated heterocycles. The van der Waals surface area contributed by atoms with Gasteiger partial charge >= 0.3 is 12.1 Å². The first-order valence-electron chi connectivity index (χ1n) is 9.80. The molecule has 10 heteroatoms. The van der Waals surface area contributed by atoms with E-state index in [1.807, 2.05) is 18.2 Å². The fraction of sp³-hybridized carbons (Fsp3) is 0.174. The molecule has 0 atom stereocenters. The number of carbonyl (C=O) groups is 1. The van der Waals surface area contributed by atoms with E-state index in [9.17, 15) is 23.3 Å². The van der Waals surface area contributed by atoms with Gasteiger partial charge in [0.25, 0.3) is 5.69 Å². The van der Waals surface area contributed by atoms with Gasteiger partial charge in [-0.25, -0.2) is 4.79 Å². The number of aromatic nitrogens is 1. The van der Waals surface area contributed by atoms with Gasteiger partial charge in [-0.2, -0.15) is 13.2 Å². The van der Waals surface area contributed by atoms with Gasteiger partial charge in [0.15, 0.2) is 0 Å². The highest BCUT2D eigenvalue weighted by atomic mass is 19.4. The van der Waals surface area contributed by atoms with E-state index >= 15 is 0 Å². The Labute approximate surface area is 186 Å². The third-order valence-electron chi connectivity index (χ3n) is 4.85. The summed E-state index contributed by atoms with van der Waals surface area (Å²) in [6.45, 7) is 0.667. The van der Waals surface area contributed by atoms with Crippen molar-refractivity contribution >= 4 is 17.4 Å². The number of halogens is 3. The highest BCUT2D eigenvalue weighted by molar-refractivity contribution is 6.16. The van der Waals surface area contributed by atoms with E-state index in [1.165, 1.54) is 11.6 Å². The largest absolute Gasteiger partial charge is 0.490 e. The highest BCUT2D eigenvalue weighted by Gasteiger charge is 2.38. The molecule has 0 fully saturated rings. The number of carboxylic acid groups (broad SMARTS) is 1. The van der Waals surface area contributed by atoms with Crippen molar-refractivity contribution in [2.24, 2.45) is 4.99 Å². The maximum Gasteiger partial charge on any atom is 0.490 e. The molecule has 0 saturated carbocycles. The van der Waals surface area contributed by atoms with Crippen LogP contribution in [-0.4, -0.2) is 39.4 Å². The maximum absolute atomic E-state index is 11.5. The number of nitro benzene ring substituents is 1. The SMILES string of the molecule is O=C(O)C(F)(F)F.O=[N+]([O-])c1ccccc1C1=NCCCc2ccc(-c3ccncc3)cc21. The molecule has 2 aromatic carbocycles. The third kappa shape index (κ3) is 5.79. The summed E-state index contributed by atoms with van der Waals surface area (Å²) in [6, 6.07) is 17.0. The number of alkyl halides is 3. The van der Waals surface area contributed by atoms with Crippen LogP contribution >= 0.6 is 0 Å². The van der Waals surface area contributed by atoms with Crippen molar-refractivity contribution in [3.05, 3.63) is 93.8 Å². The van der Waals surface area contributed by atoms with Crippen LogP contribution in [0.3, 0.4) is 0 Å². The Bertz CT molecular complexity index is 1200. The molecule has 3 aromatic rings. The van der Waals surface area contributed by atoms with Crippen LogP contribution in [0.1, 0.15) is 23.1 Å². The first-order chi connectivity index (χ1) is 15.7. The molecule has 170 valence electrons. The lowest BCUT2D eigenvalue weighted by Crippen LogP contribution is -2.21. The number of nitro groups is 1. The van der Waals surface area contributed by atoms with Crippen molar-refractivity contribution in [2.45, 2.75) is 19.0 Å². The van der Waals surface area contributed by atoms with Crippen LogP contribution in [0.4, 0.5) is 18.9 Å². The van der Waals surface area contributed by atoms with Crippen molar-refractivity contribution in [1.82, 2.24) is 4.98 Å². The number of fused-ring (bicyclic) bond motifs is 1. The Morgan fingerprint density at radius 3 is 2.30 bits per heavy atom. The van der Waals surface area contributed by atoms with Gasteiger partial charge in [0.2, 0.25) is 0 Å². The second kappa shape index (κ2) is 10.0. The molecule has 2 heterocycles. The van der Waals surface area contributed by atoms with Gasteiger partial charge in [-0.05, 0) is 53.8 Å². The fourth-order valence-corrected chi connectivity index (χ4v) is 3.35. The van der Waals surface area contributed by atoms with Gasteiger partial charge < -0.3 is 5.11 Å². The minimum Gasteiger partial charge on any atom is -0.475 e. The highest BCUT2D eigenvalue weighted by Crippen LogP contribution is 2.29. The topological polar surface area (TPSA) is 106 Å². The predicted octanol–water partition coefficient (Wildman–Crippen LogP) is 5.07. The molecule has 7 nitrogen and oxygen atoms in total. The lowest BCUT2D eigenvalue weighted by Gasteiger charge is -2.12. The molecule has 0 aliphatic carbocycles. The first-order valence-corrected chi connectivity index (χ1v) is 9.80. The van der Waals surface area contributed by atoms with Crippen molar-refractivity contribution in [3.8, 4) is 11.1 Å². The van der Waals surface area contributed by atoms with E-state index in [0.717, 1.165) is 29.5 Å². The summed E-state index contributed by atoms with van der Waals surface area (Å²) in [5.41, 5.74) is 5.65. The van der Waals surface area contributed by atoms with Crippen molar-refractivity contribution in [1.29, 1.82) is 0 Å².